The molecular weight excluding hydrogens is 603 g/mol. The van der Waals surface area contributed by atoms with E-state index in [2.05, 4.69) is 162 Å². The summed E-state index contributed by atoms with van der Waals surface area (Å²) in [6.45, 7) is 0. The summed E-state index contributed by atoms with van der Waals surface area (Å²) >= 11 is 4.17. The Balaban J connectivity index is 1.45. The molecule has 186 valence electrons. The lowest BCUT2D eigenvalue weighted by Crippen LogP contribution is -1.97. The summed E-state index contributed by atoms with van der Waals surface area (Å²) in [6, 6.07) is 51.0. The van der Waals surface area contributed by atoms with Gasteiger partial charge in [0, 0.05) is 13.4 Å². The van der Waals surface area contributed by atoms with E-state index in [1.54, 1.807) is 0 Å². The zero-order valence-corrected chi connectivity index (χ0v) is 24.2. The molecule has 0 nitrogen and oxygen atoms in total. The summed E-state index contributed by atoms with van der Waals surface area (Å²) in [6.07, 6.45) is 0.953. The lowest BCUT2D eigenvalue weighted by Gasteiger charge is -2.21. The average Bonchev–Trinajstić information content (AvgIpc) is 3.37. The third-order valence-corrected chi connectivity index (χ3v) is 9.18. The van der Waals surface area contributed by atoms with Crippen molar-refractivity contribution in [3.05, 3.63) is 154 Å². The van der Waals surface area contributed by atoms with Crippen LogP contribution in [-0.4, -0.2) is 0 Å². The summed E-state index contributed by atoms with van der Waals surface area (Å²) < 4.78 is 1.26. The summed E-state index contributed by atoms with van der Waals surface area (Å²) in [7, 11) is 0. The van der Waals surface area contributed by atoms with Gasteiger partial charge in [0.05, 0.1) is 0 Å². The Bertz CT molecular complexity index is 1770. The molecule has 0 amide bonds. The van der Waals surface area contributed by atoms with Crippen molar-refractivity contribution in [1.29, 1.82) is 0 Å². The van der Waals surface area contributed by atoms with Gasteiger partial charge in [-0.2, -0.15) is 0 Å². The Morgan fingerprint density at radius 3 is 1.72 bits per heavy atom. The summed E-state index contributed by atoms with van der Waals surface area (Å²) in [4.78, 5) is 2.51. The summed E-state index contributed by atoms with van der Waals surface area (Å²) in [5, 5.41) is 0. The summed E-state index contributed by atoms with van der Waals surface area (Å²) in [5.74, 6) is 0. The van der Waals surface area contributed by atoms with E-state index in [9.17, 15) is 0 Å². The van der Waals surface area contributed by atoms with Crippen molar-refractivity contribution in [2.45, 2.75) is 16.2 Å². The molecule has 2 heteroatoms. The predicted molar refractivity (Wildman–Crippen MR) is 174 cm³/mol. The fourth-order valence-electron chi connectivity index (χ4n) is 5.67. The van der Waals surface area contributed by atoms with E-state index in [0.29, 0.717) is 0 Å². The second-order valence-corrected chi connectivity index (χ2v) is 12.2. The van der Waals surface area contributed by atoms with Gasteiger partial charge >= 0.3 is 0 Å². The normalized spacial score (nSPS) is 11.7. The SMILES string of the molecule is Ic1ccc(Sc2ccc(-c3c4c(cc(-c5ccccc5)c3-c3ccccc3)-c3ccccc3C4)cc2)cc1. The van der Waals surface area contributed by atoms with Gasteiger partial charge in [0.15, 0.2) is 0 Å². The largest absolute Gasteiger partial charge is 0.0901 e. The van der Waals surface area contributed by atoms with Gasteiger partial charge in [-0.1, -0.05) is 109 Å². The molecule has 0 unspecified atom stereocenters. The lowest BCUT2D eigenvalue weighted by molar-refractivity contribution is 1.26. The molecule has 0 fully saturated rings. The molecule has 1 aliphatic rings. The highest BCUT2D eigenvalue weighted by Gasteiger charge is 2.27. The molecule has 0 N–H and O–H groups in total. The number of halogens is 1. The van der Waals surface area contributed by atoms with Gasteiger partial charge in [0.25, 0.3) is 0 Å². The second kappa shape index (κ2) is 10.5. The van der Waals surface area contributed by atoms with Crippen LogP contribution in [0.4, 0.5) is 0 Å². The van der Waals surface area contributed by atoms with E-state index in [-0.39, 0.29) is 0 Å². The topological polar surface area (TPSA) is 0 Å². The molecule has 0 heterocycles. The zero-order valence-electron chi connectivity index (χ0n) is 21.3. The number of benzene rings is 6. The van der Waals surface area contributed by atoms with Crippen LogP contribution in [-0.2, 0) is 6.42 Å². The minimum absolute atomic E-state index is 0.953. The second-order valence-electron chi connectivity index (χ2n) is 9.85. The molecule has 6 aromatic rings. The molecule has 0 bridgehead atoms. The lowest BCUT2D eigenvalue weighted by atomic mass is 9.82. The molecule has 1 aliphatic carbocycles. The minimum Gasteiger partial charge on any atom is -0.0901 e. The molecule has 0 saturated carbocycles. The van der Waals surface area contributed by atoms with E-state index in [1.165, 1.54) is 69.0 Å². The van der Waals surface area contributed by atoms with Crippen LogP contribution in [0.5, 0.6) is 0 Å². The minimum atomic E-state index is 0.953. The first-order valence-electron chi connectivity index (χ1n) is 13.2. The predicted octanol–water partition coefficient (Wildman–Crippen LogP) is 11.0. The molecule has 0 spiro atoms. The quantitative estimate of drug-likeness (QED) is 0.171. The highest BCUT2D eigenvalue weighted by molar-refractivity contribution is 14.1. The van der Waals surface area contributed by atoms with Gasteiger partial charge in [-0.25, -0.2) is 0 Å². The van der Waals surface area contributed by atoms with Crippen molar-refractivity contribution in [2.75, 3.05) is 0 Å². The fraction of sp³-hybridized carbons (Fsp3) is 0.0270. The van der Waals surface area contributed by atoms with Crippen LogP contribution >= 0.6 is 34.4 Å². The third-order valence-electron chi connectivity index (χ3n) is 7.45. The number of hydrogen-bond donors (Lipinski definition) is 0. The molecule has 39 heavy (non-hydrogen) atoms. The highest BCUT2D eigenvalue weighted by atomic mass is 127. The summed E-state index contributed by atoms with van der Waals surface area (Å²) in [5.41, 5.74) is 13.3. The van der Waals surface area contributed by atoms with E-state index < -0.39 is 0 Å². The number of rotatable bonds is 5. The van der Waals surface area contributed by atoms with Crippen LogP contribution in [0, 0.1) is 3.57 Å². The third kappa shape index (κ3) is 4.73. The van der Waals surface area contributed by atoms with E-state index >= 15 is 0 Å². The number of fused-ring (bicyclic) bond motifs is 3. The van der Waals surface area contributed by atoms with Gasteiger partial charge in [-0.15, -0.1) is 0 Å². The molecule has 0 aliphatic heterocycles. The van der Waals surface area contributed by atoms with E-state index in [1.807, 2.05) is 11.8 Å². The smallest absolute Gasteiger partial charge is 0.0131 e. The van der Waals surface area contributed by atoms with Crippen LogP contribution < -0.4 is 0 Å². The molecular formula is C37H25IS. The molecule has 0 saturated heterocycles. The Kier molecular flexibility index (Phi) is 6.59. The van der Waals surface area contributed by atoms with Gasteiger partial charge in [-0.05, 0) is 127 Å². The van der Waals surface area contributed by atoms with Gasteiger partial charge in [0.2, 0.25) is 0 Å². The maximum Gasteiger partial charge on any atom is 0.0131 e. The van der Waals surface area contributed by atoms with Gasteiger partial charge in [0.1, 0.15) is 0 Å². The van der Waals surface area contributed by atoms with Crippen LogP contribution in [0.1, 0.15) is 11.1 Å². The zero-order chi connectivity index (χ0) is 26.2. The Morgan fingerprint density at radius 1 is 0.462 bits per heavy atom. The Labute approximate surface area is 247 Å². The van der Waals surface area contributed by atoms with Gasteiger partial charge < -0.3 is 0 Å². The Hall–Kier alpha value is -3.60. The van der Waals surface area contributed by atoms with Gasteiger partial charge in [-0.3, -0.25) is 0 Å². The molecule has 7 rings (SSSR count). The van der Waals surface area contributed by atoms with Crippen molar-refractivity contribution in [3.63, 3.8) is 0 Å². The van der Waals surface area contributed by atoms with E-state index in [4.69, 9.17) is 0 Å². The molecule has 0 aromatic heterocycles. The first kappa shape index (κ1) is 24.4. The fourth-order valence-corrected chi connectivity index (χ4v) is 6.85. The van der Waals surface area contributed by atoms with Crippen LogP contribution in [0.3, 0.4) is 0 Å². The van der Waals surface area contributed by atoms with Crippen molar-refractivity contribution < 1.29 is 0 Å². The van der Waals surface area contributed by atoms with E-state index in [0.717, 1.165) is 6.42 Å². The maximum absolute atomic E-state index is 2.43. The van der Waals surface area contributed by atoms with Crippen LogP contribution in [0.25, 0.3) is 44.5 Å². The molecule has 0 radical (unpaired) electrons. The Morgan fingerprint density at radius 2 is 1.03 bits per heavy atom. The van der Waals surface area contributed by atoms with Crippen molar-refractivity contribution in [2.24, 2.45) is 0 Å². The van der Waals surface area contributed by atoms with Crippen molar-refractivity contribution in [1.82, 2.24) is 0 Å². The molecule has 0 atom stereocenters. The van der Waals surface area contributed by atoms with Crippen molar-refractivity contribution in [3.8, 4) is 44.5 Å². The molecule has 6 aromatic carbocycles. The highest BCUT2D eigenvalue weighted by Crippen LogP contribution is 2.50. The standard InChI is InChI=1S/C37H25IS/c38-29-17-21-31(22-18-29)39-30-19-15-27(16-20-30)37-35-23-28-13-7-8-14-32(28)34(35)24-33(25-9-3-1-4-10-25)36(37)26-11-5-2-6-12-26/h1-22,24H,23H2. The average molecular weight is 629 g/mol. The first-order chi connectivity index (χ1) is 19.2. The van der Waals surface area contributed by atoms with Crippen LogP contribution in [0.15, 0.2) is 149 Å². The van der Waals surface area contributed by atoms with Crippen LogP contribution in [0.2, 0.25) is 0 Å². The maximum atomic E-state index is 2.43. The monoisotopic (exact) mass is 628 g/mol. The first-order valence-corrected chi connectivity index (χ1v) is 15.1. The number of hydrogen-bond acceptors (Lipinski definition) is 1. The van der Waals surface area contributed by atoms with Crippen molar-refractivity contribution >= 4 is 34.4 Å².